The third-order valence-corrected chi connectivity index (χ3v) is 3.23. The minimum atomic E-state index is 0.0365. The van der Waals surface area contributed by atoms with Gasteiger partial charge in [0.1, 0.15) is 0 Å². The Morgan fingerprint density at radius 1 is 1.22 bits per heavy atom. The number of carbonyl (C=O) groups is 1. The highest BCUT2D eigenvalue weighted by atomic mass is 16.1. The summed E-state index contributed by atoms with van der Waals surface area (Å²) in [7, 11) is 0. The van der Waals surface area contributed by atoms with Gasteiger partial charge in [0, 0.05) is 30.9 Å². The molecular weight excluding hydrogens is 226 g/mol. The largest absolute Gasteiger partial charge is 0.372 e. The van der Waals surface area contributed by atoms with Gasteiger partial charge in [0.2, 0.25) is 5.91 Å². The minimum Gasteiger partial charge on any atom is -0.372 e. The Hall–Kier alpha value is -1.55. The Bertz CT molecular complexity index is 383. The van der Waals surface area contributed by atoms with Crippen LogP contribution in [0.4, 0.5) is 11.4 Å². The van der Waals surface area contributed by atoms with Crippen molar-refractivity contribution in [1.82, 2.24) is 0 Å². The Morgan fingerprint density at radius 2 is 1.89 bits per heavy atom. The second kappa shape index (κ2) is 6.40. The number of carbonyl (C=O) groups excluding carboxylic acids is 1. The van der Waals surface area contributed by atoms with E-state index in [1.807, 2.05) is 12.1 Å². The van der Waals surface area contributed by atoms with Crippen LogP contribution in [0.15, 0.2) is 24.3 Å². The fourth-order valence-corrected chi connectivity index (χ4v) is 2.22. The number of rotatable bonds is 5. The lowest BCUT2D eigenvalue weighted by Gasteiger charge is -2.17. The van der Waals surface area contributed by atoms with Gasteiger partial charge in [-0.2, -0.15) is 0 Å². The van der Waals surface area contributed by atoms with Crippen LogP contribution in [-0.4, -0.2) is 25.5 Å². The van der Waals surface area contributed by atoms with E-state index in [0.717, 1.165) is 25.2 Å². The number of anilines is 2. The summed E-state index contributed by atoms with van der Waals surface area (Å²) in [6.45, 7) is 2.84. The van der Waals surface area contributed by atoms with Crippen LogP contribution in [0.5, 0.6) is 0 Å². The van der Waals surface area contributed by atoms with Crippen LogP contribution >= 0.6 is 0 Å². The molecule has 0 aliphatic carbocycles. The van der Waals surface area contributed by atoms with Crippen molar-refractivity contribution < 1.29 is 4.79 Å². The Balaban J connectivity index is 1.88. The van der Waals surface area contributed by atoms with Crippen LogP contribution in [0.25, 0.3) is 0 Å². The highest BCUT2D eigenvalue weighted by Gasteiger charge is 2.11. The summed E-state index contributed by atoms with van der Waals surface area (Å²) in [5, 5.41) is 2.88. The van der Waals surface area contributed by atoms with E-state index in [4.69, 9.17) is 5.73 Å². The third-order valence-electron chi connectivity index (χ3n) is 3.23. The number of benzene rings is 1. The molecule has 1 fully saturated rings. The van der Waals surface area contributed by atoms with E-state index in [1.54, 1.807) is 0 Å². The Kier molecular flexibility index (Phi) is 4.59. The standard InChI is InChI=1S/C14H21N3O/c15-9-3-4-14(18)16-12-5-7-13(8-6-12)17-10-1-2-11-17/h5-8H,1-4,9-11,15H2,(H,16,18). The molecule has 1 amide bonds. The first kappa shape index (κ1) is 12.9. The fourth-order valence-electron chi connectivity index (χ4n) is 2.22. The molecule has 1 saturated heterocycles. The highest BCUT2D eigenvalue weighted by Crippen LogP contribution is 2.22. The highest BCUT2D eigenvalue weighted by molar-refractivity contribution is 5.90. The first-order chi connectivity index (χ1) is 8.79. The molecule has 1 heterocycles. The molecule has 0 saturated carbocycles. The summed E-state index contributed by atoms with van der Waals surface area (Å²) >= 11 is 0. The van der Waals surface area contributed by atoms with Crippen molar-refractivity contribution in [3.05, 3.63) is 24.3 Å². The summed E-state index contributed by atoms with van der Waals surface area (Å²) in [6, 6.07) is 8.08. The van der Waals surface area contributed by atoms with Crippen LogP contribution < -0.4 is 16.0 Å². The lowest BCUT2D eigenvalue weighted by molar-refractivity contribution is -0.116. The predicted octanol–water partition coefficient (Wildman–Crippen LogP) is 1.96. The summed E-state index contributed by atoms with van der Waals surface area (Å²) in [5.41, 5.74) is 7.48. The van der Waals surface area contributed by atoms with E-state index in [0.29, 0.717) is 13.0 Å². The van der Waals surface area contributed by atoms with Crippen molar-refractivity contribution in [2.75, 3.05) is 29.9 Å². The second-order valence-corrected chi connectivity index (χ2v) is 4.68. The van der Waals surface area contributed by atoms with E-state index < -0.39 is 0 Å². The fraction of sp³-hybridized carbons (Fsp3) is 0.500. The summed E-state index contributed by atoms with van der Waals surface area (Å²) in [4.78, 5) is 13.9. The van der Waals surface area contributed by atoms with Crippen molar-refractivity contribution in [3.8, 4) is 0 Å². The third kappa shape index (κ3) is 3.47. The minimum absolute atomic E-state index is 0.0365. The molecule has 0 aromatic heterocycles. The molecule has 1 aliphatic rings. The molecule has 0 atom stereocenters. The lowest BCUT2D eigenvalue weighted by Crippen LogP contribution is -2.17. The lowest BCUT2D eigenvalue weighted by atomic mass is 10.2. The molecule has 0 radical (unpaired) electrons. The Labute approximate surface area is 108 Å². The zero-order valence-electron chi connectivity index (χ0n) is 10.7. The van der Waals surface area contributed by atoms with E-state index in [1.165, 1.54) is 18.5 Å². The number of nitrogens with two attached hydrogens (primary N) is 1. The van der Waals surface area contributed by atoms with Crippen LogP contribution in [-0.2, 0) is 4.79 Å². The molecule has 0 bridgehead atoms. The first-order valence-electron chi connectivity index (χ1n) is 6.64. The van der Waals surface area contributed by atoms with Crippen LogP contribution in [0.2, 0.25) is 0 Å². The van der Waals surface area contributed by atoms with Crippen molar-refractivity contribution in [3.63, 3.8) is 0 Å². The van der Waals surface area contributed by atoms with Crippen LogP contribution in [0.1, 0.15) is 25.7 Å². The number of nitrogens with zero attached hydrogens (tertiary/aromatic N) is 1. The number of hydrogen-bond acceptors (Lipinski definition) is 3. The molecule has 2 rings (SSSR count). The van der Waals surface area contributed by atoms with Gasteiger partial charge in [0.15, 0.2) is 0 Å². The average Bonchev–Trinajstić information content (AvgIpc) is 2.91. The average molecular weight is 247 g/mol. The molecular formula is C14H21N3O. The maximum Gasteiger partial charge on any atom is 0.224 e. The summed E-state index contributed by atoms with van der Waals surface area (Å²) < 4.78 is 0. The zero-order valence-corrected chi connectivity index (χ0v) is 10.7. The van der Waals surface area contributed by atoms with Gasteiger partial charge in [-0.15, -0.1) is 0 Å². The summed E-state index contributed by atoms with van der Waals surface area (Å²) in [6.07, 6.45) is 3.78. The van der Waals surface area contributed by atoms with E-state index in [2.05, 4.69) is 22.3 Å². The molecule has 1 aliphatic heterocycles. The molecule has 18 heavy (non-hydrogen) atoms. The maximum atomic E-state index is 11.5. The van der Waals surface area contributed by atoms with E-state index >= 15 is 0 Å². The molecule has 4 heteroatoms. The van der Waals surface area contributed by atoms with Crippen molar-refractivity contribution >= 4 is 17.3 Å². The van der Waals surface area contributed by atoms with Gasteiger partial charge < -0.3 is 16.0 Å². The van der Waals surface area contributed by atoms with Crippen molar-refractivity contribution in [2.45, 2.75) is 25.7 Å². The quantitative estimate of drug-likeness (QED) is 0.836. The van der Waals surface area contributed by atoms with Gasteiger partial charge in [0.05, 0.1) is 0 Å². The Morgan fingerprint density at radius 3 is 2.50 bits per heavy atom. The van der Waals surface area contributed by atoms with Crippen LogP contribution in [0, 0.1) is 0 Å². The number of nitrogens with one attached hydrogen (secondary N) is 1. The van der Waals surface area contributed by atoms with Gasteiger partial charge in [-0.25, -0.2) is 0 Å². The van der Waals surface area contributed by atoms with Gasteiger partial charge in [0.25, 0.3) is 0 Å². The predicted molar refractivity (Wildman–Crippen MR) is 74.8 cm³/mol. The smallest absolute Gasteiger partial charge is 0.224 e. The molecule has 3 N–H and O–H groups in total. The topological polar surface area (TPSA) is 58.4 Å². The second-order valence-electron chi connectivity index (χ2n) is 4.68. The molecule has 0 spiro atoms. The van der Waals surface area contributed by atoms with Gasteiger partial charge in [-0.1, -0.05) is 0 Å². The molecule has 98 valence electrons. The molecule has 1 aromatic rings. The summed E-state index contributed by atoms with van der Waals surface area (Å²) in [5.74, 6) is 0.0365. The van der Waals surface area contributed by atoms with Crippen molar-refractivity contribution in [1.29, 1.82) is 0 Å². The van der Waals surface area contributed by atoms with Gasteiger partial charge in [-0.3, -0.25) is 4.79 Å². The maximum absolute atomic E-state index is 11.5. The molecule has 1 aromatic carbocycles. The van der Waals surface area contributed by atoms with E-state index in [9.17, 15) is 4.79 Å². The van der Waals surface area contributed by atoms with Crippen molar-refractivity contribution in [2.24, 2.45) is 5.73 Å². The molecule has 4 nitrogen and oxygen atoms in total. The molecule has 0 unspecified atom stereocenters. The zero-order chi connectivity index (χ0) is 12.8. The normalized spacial score (nSPS) is 14.8. The number of amides is 1. The SMILES string of the molecule is NCCCC(=O)Nc1ccc(N2CCCC2)cc1. The first-order valence-corrected chi connectivity index (χ1v) is 6.64. The van der Waals surface area contributed by atoms with E-state index in [-0.39, 0.29) is 5.91 Å². The number of hydrogen-bond donors (Lipinski definition) is 2. The van der Waals surface area contributed by atoms with Crippen LogP contribution in [0.3, 0.4) is 0 Å². The van der Waals surface area contributed by atoms with Gasteiger partial charge >= 0.3 is 0 Å². The monoisotopic (exact) mass is 247 g/mol. The van der Waals surface area contributed by atoms with Gasteiger partial charge in [-0.05, 0) is 50.1 Å².